The lowest BCUT2D eigenvalue weighted by molar-refractivity contribution is -0.141. The van der Waals surface area contributed by atoms with Crippen LogP contribution in [0.5, 0.6) is 0 Å². The van der Waals surface area contributed by atoms with E-state index >= 15 is 0 Å². The van der Waals surface area contributed by atoms with Gasteiger partial charge < -0.3 is 5.32 Å². The predicted molar refractivity (Wildman–Crippen MR) is 123 cm³/mol. The van der Waals surface area contributed by atoms with Crippen molar-refractivity contribution in [1.82, 2.24) is 13.7 Å². The van der Waals surface area contributed by atoms with Gasteiger partial charge in [-0.15, -0.1) is 0 Å². The zero-order valence-corrected chi connectivity index (χ0v) is 18.6. The van der Waals surface area contributed by atoms with Crippen LogP contribution in [0.4, 0.5) is 24.5 Å². The van der Waals surface area contributed by atoms with Crippen LogP contribution in [0.25, 0.3) is 16.7 Å². The summed E-state index contributed by atoms with van der Waals surface area (Å²) in [6.07, 6.45) is -4.81. The highest BCUT2D eigenvalue weighted by molar-refractivity contribution is 9.10. The number of anilines is 2. The highest BCUT2D eigenvalue weighted by atomic mass is 79.9. The van der Waals surface area contributed by atoms with Gasteiger partial charge in [-0.25, -0.2) is 9.36 Å². The lowest BCUT2D eigenvalue weighted by Crippen LogP contribution is -2.44. The standard InChI is InChI=1S/C22H16BrF3N4O3/c1-28-17(31)11-16(27-14-9-7-13(23)8-10-14)18-19(28)30(15-5-3-2-4-6-15)21(33)29(20(18)32)12-22(24,25)26/h2-11,27H,12H2,1H3. The smallest absolute Gasteiger partial charge is 0.355 e. The van der Waals surface area contributed by atoms with Crippen LogP contribution in [-0.4, -0.2) is 19.9 Å². The molecule has 0 radical (unpaired) electrons. The zero-order valence-electron chi connectivity index (χ0n) is 17.1. The van der Waals surface area contributed by atoms with E-state index in [1.54, 1.807) is 42.5 Å². The lowest BCUT2D eigenvalue weighted by Gasteiger charge is -2.19. The van der Waals surface area contributed by atoms with E-state index in [4.69, 9.17) is 0 Å². The fourth-order valence-corrected chi connectivity index (χ4v) is 3.77. The van der Waals surface area contributed by atoms with E-state index in [2.05, 4.69) is 21.2 Å². The predicted octanol–water partition coefficient (Wildman–Crippen LogP) is 3.92. The van der Waals surface area contributed by atoms with Crippen LogP contribution in [0, 0.1) is 0 Å². The molecular weight excluding hydrogens is 505 g/mol. The van der Waals surface area contributed by atoms with Crippen LogP contribution in [0.15, 0.2) is 79.5 Å². The van der Waals surface area contributed by atoms with Crippen molar-refractivity contribution in [2.75, 3.05) is 5.32 Å². The molecule has 0 atom stereocenters. The Bertz CT molecular complexity index is 1520. The molecule has 0 aliphatic heterocycles. The number of alkyl halides is 3. The van der Waals surface area contributed by atoms with Crippen LogP contribution in [-0.2, 0) is 13.6 Å². The summed E-state index contributed by atoms with van der Waals surface area (Å²) in [5.41, 5.74) is -2.35. The van der Waals surface area contributed by atoms with Gasteiger partial charge in [0, 0.05) is 23.3 Å². The molecule has 0 aliphatic rings. The number of nitrogens with zero attached hydrogens (tertiary/aromatic N) is 3. The molecule has 4 aromatic rings. The first-order chi connectivity index (χ1) is 15.6. The molecule has 2 aromatic heterocycles. The first-order valence-electron chi connectivity index (χ1n) is 9.61. The molecule has 4 rings (SSSR count). The van der Waals surface area contributed by atoms with E-state index in [-0.39, 0.29) is 27.0 Å². The molecule has 0 amide bonds. The first-order valence-corrected chi connectivity index (χ1v) is 10.4. The van der Waals surface area contributed by atoms with Crippen molar-refractivity contribution in [3.05, 3.63) is 96.3 Å². The fraction of sp³-hybridized carbons (Fsp3) is 0.136. The van der Waals surface area contributed by atoms with Crippen molar-refractivity contribution in [3.8, 4) is 5.69 Å². The van der Waals surface area contributed by atoms with Gasteiger partial charge in [0.05, 0.1) is 11.4 Å². The maximum Gasteiger partial charge on any atom is 0.406 e. The maximum atomic E-state index is 13.3. The van der Waals surface area contributed by atoms with E-state index in [1.165, 1.54) is 19.2 Å². The van der Waals surface area contributed by atoms with Crippen molar-refractivity contribution in [1.29, 1.82) is 0 Å². The Hall–Kier alpha value is -3.60. The third kappa shape index (κ3) is 4.36. The van der Waals surface area contributed by atoms with Gasteiger partial charge >= 0.3 is 11.9 Å². The van der Waals surface area contributed by atoms with Gasteiger partial charge in [0.25, 0.3) is 11.1 Å². The Balaban J connectivity index is 2.15. The second-order valence-electron chi connectivity index (χ2n) is 7.25. The van der Waals surface area contributed by atoms with Gasteiger partial charge in [0.2, 0.25) is 0 Å². The van der Waals surface area contributed by atoms with Gasteiger partial charge in [0.1, 0.15) is 17.6 Å². The monoisotopic (exact) mass is 520 g/mol. The number of benzene rings is 2. The maximum absolute atomic E-state index is 13.3. The number of aryl methyl sites for hydroxylation is 1. The van der Waals surface area contributed by atoms with Gasteiger partial charge in [-0.2, -0.15) is 13.2 Å². The average molecular weight is 521 g/mol. The van der Waals surface area contributed by atoms with E-state index in [0.29, 0.717) is 5.69 Å². The summed E-state index contributed by atoms with van der Waals surface area (Å²) in [6, 6.07) is 15.7. The van der Waals surface area contributed by atoms with Crippen LogP contribution in [0.3, 0.4) is 0 Å². The summed E-state index contributed by atoms with van der Waals surface area (Å²) in [5, 5.41) is 2.70. The SMILES string of the molecule is Cn1c(=O)cc(Nc2ccc(Br)cc2)c2c(=O)n(CC(F)(F)F)c(=O)n(-c3ccccc3)c21. The minimum Gasteiger partial charge on any atom is -0.355 e. The normalized spacial score (nSPS) is 11.7. The largest absolute Gasteiger partial charge is 0.406 e. The summed E-state index contributed by atoms with van der Waals surface area (Å²) >= 11 is 3.31. The Labute approximate surface area is 192 Å². The molecule has 0 unspecified atom stereocenters. The number of pyridine rings is 1. The van der Waals surface area contributed by atoms with Gasteiger partial charge in [-0.1, -0.05) is 34.1 Å². The van der Waals surface area contributed by atoms with Gasteiger partial charge in [0.15, 0.2) is 0 Å². The molecule has 0 aliphatic carbocycles. The number of aromatic nitrogens is 3. The molecule has 170 valence electrons. The molecule has 2 heterocycles. The Morgan fingerprint density at radius 2 is 1.61 bits per heavy atom. The number of fused-ring (bicyclic) bond motifs is 1. The third-order valence-electron chi connectivity index (χ3n) is 4.98. The molecule has 0 bridgehead atoms. The molecular formula is C22H16BrF3N4O3. The van der Waals surface area contributed by atoms with E-state index < -0.39 is 29.5 Å². The summed E-state index contributed by atoms with van der Waals surface area (Å²) in [7, 11) is 1.35. The van der Waals surface area contributed by atoms with E-state index in [0.717, 1.165) is 19.7 Å². The fourth-order valence-electron chi connectivity index (χ4n) is 3.51. The topological polar surface area (TPSA) is 78.0 Å². The molecule has 0 fully saturated rings. The minimum atomic E-state index is -4.81. The van der Waals surface area contributed by atoms with Crippen LogP contribution in [0.2, 0.25) is 0 Å². The van der Waals surface area contributed by atoms with Gasteiger partial charge in [-0.05, 0) is 36.4 Å². The second-order valence-corrected chi connectivity index (χ2v) is 8.16. The Kier molecular flexibility index (Phi) is 5.75. The van der Waals surface area contributed by atoms with E-state index in [9.17, 15) is 27.6 Å². The molecule has 0 spiro atoms. The van der Waals surface area contributed by atoms with Crippen LogP contribution in [0.1, 0.15) is 0 Å². The van der Waals surface area contributed by atoms with Crippen molar-refractivity contribution in [2.45, 2.75) is 12.7 Å². The van der Waals surface area contributed by atoms with Crippen molar-refractivity contribution < 1.29 is 13.2 Å². The van der Waals surface area contributed by atoms with Gasteiger partial charge in [-0.3, -0.25) is 18.7 Å². The van der Waals surface area contributed by atoms with Crippen molar-refractivity contribution in [2.24, 2.45) is 7.05 Å². The molecule has 11 heteroatoms. The molecule has 0 saturated carbocycles. The van der Waals surface area contributed by atoms with Crippen LogP contribution >= 0.6 is 15.9 Å². The second kappa shape index (κ2) is 8.39. The zero-order chi connectivity index (χ0) is 23.9. The number of para-hydroxylation sites is 1. The number of rotatable bonds is 4. The number of hydrogen-bond donors (Lipinski definition) is 1. The highest BCUT2D eigenvalue weighted by Crippen LogP contribution is 2.25. The lowest BCUT2D eigenvalue weighted by atomic mass is 10.2. The molecule has 7 nitrogen and oxygen atoms in total. The third-order valence-corrected chi connectivity index (χ3v) is 5.51. The van der Waals surface area contributed by atoms with E-state index in [1.807, 2.05) is 0 Å². The van der Waals surface area contributed by atoms with Crippen molar-refractivity contribution >= 4 is 38.3 Å². The number of hydrogen-bond acceptors (Lipinski definition) is 4. The summed E-state index contributed by atoms with van der Waals surface area (Å²) in [4.78, 5) is 39.1. The molecule has 0 saturated heterocycles. The number of halogens is 4. The minimum absolute atomic E-state index is 0.0129. The summed E-state index contributed by atoms with van der Waals surface area (Å²) < 4.78 is 42.8. The summed E-state index contributed by atoms with van der Waals surface area (Å²) in [5.74, 6) is 0. The summed E-state index contributed by atoms with van der Waals surface area (Å²) in [6.45, 7) is -1.77. The first kappa shape index (κ1) is 22.6. The molecule has 33 heavy (non-hydrogen) atoms. The highest BCUT2D eigenvalue weighted by Gasteiger charge is 2.32. The number of nitrogens with one attached hydrogen (secondary N) is 1. The quantitative estimate of drug-likeness (QED) is 0.442. The average Bonchev–Trinajstić information content (AvgIpc) is 2.76. The molecule has 1 N–H and O–H groups in total. The van der Waals surface area contributed by atoms with Crippen LogP contribution < -0.4 is 22.1 Å². The Morgan fingerprint density at radius 1 is 0.970 bits per heavy atom. The molecule has 2 aromatic carbocycles. The Morgan fingerprint density at radius 3 is 2.21 bits per heavy atom. The van der Waals surface area contributed by atoms with Crippen molar-refractivity contribution in [3.63, 3.8) is 0 Å².